The van der Waals surface area contributed by atoms with Crippen molar-refractivity contribution >= 4 is 17.9 Å². The van der Waals surface area contributed by atoms with E-state index in [1.54, 1.807) is 0 Å². The van der Waals surface area contributed by atoms with Crippen molar-refractivity contribution in [2.24, 2.45) is 0 Å². The van der Waals surface area contributed by atoms with Crippen molar-refractivity contribution in [2.45, 2.75) is 245 Å². The number of hydrogen-bond donors (Lipinski definition) is 0. The Morgan fingerprint density at radius 2 is 0.631 bits per heavy atom. The number of carbonyl (C=O) groups is 3. The van der Waals surface area contributed by atoms with Crippen LogP contribution in [0.3, 0.4) is 0 Å². The molecule has 0 radical (unpaired) electrons. The van der Waals surface area contributed by atoms with E-state index in [1.165, 1.54) is 109 Å². The zero-order chi connectivity index (χ0) is 47.2. The fraction of sp³-hybridized carbons (Fsp3) is 0.678. The van der Waals surface area contributed by atoms with Gasteiger partial charge in [-0.15, -0.1) is 0 Å². The topological polar surface area (TPSA) is 78.9 Å². The van der Waals surface area contributed by atoms with Crippen LogP contribution >= 0.6 is 0 Å². The Bertz CT molecular complexity index is 1310. The molecule has 0 bridgehead atoms. The molecule has 0 amide bonds. The van der Waals surface area contributed by atoms with Crippen molar-refractivity contribution in [1.82, 2.24) is 0 Å². The lowest BCUT2D eigenvalue weighted by atomic mass is 10.1. The van der Waals surface area contributed by atoms with Crippen LogP contribution in [-0.4, -0.2) is 37.2 Å². The molecule has 370 valence electrons. The second kappa shape index (κ2) is 52.9. The van der Waals surface area contributed by atoms with Gasteiger partial charge in [-0.25, -0.2) is 0 Å². The van der Waals surface area contributed by atoms with Crippen molar-refractivity contribution in [3.8, 4) is 0 Å². The molecule has 65 heavy (non-hydrogen) atoms. The maximum absolute atomic E-state index is 12.8. The van der Waals surface area contributed by atoms with Crippen LogP contribution in [0.5, 0.6) is 0 Å². The minimum atomic E-state index is -0.818. The van der Waals surface area contributed by atoms with Gasteiger partial charge in [0.25, 0.3) is 0 Å². The number of esters is 3. The van der Waals surface area contributed by atoms with E-state index >= 15 is 0 Å². The molecule has 0 aliphatic rings. The number of unbranched alkanes of at least 4 members (excludes halogenated alkanes) is 25. The molecule has 0 saturated carbocycles. The zero-order valence-electron chi connectivity index (χ0n) is 42.2. The molecule has 1 atom stereocenters. The quantitative estimate of drug-likeness (QED) is 0.0199. The van der Waals surface area contributed by atoms with Crippen LogP contribution in [0.15, 0.2) is 97.2 Å². The lowest BCUT2D eigenvalue weighted by Crippen LogP contribution is -2.30. The second-order valence-electron chi connectivity index (χ2n) is 17.5. The average Bonchev–Trinajstić information content (AvgIpc) is 3.30. The third-order valence-corrected chi connectivity index (χ3v) is 11.2. The summed E-state index contributed by atoms with van der Waals surface area (Å²) < 4.78 is 16.7. The minimum absolute atomic E-state index is 0.112. The zero-order valence-corrected chi connectivity index (χ0v) is 42.2. The van der Waals surface area contributed by atoms with Crippen LogP contribution in [0.25, 0.3) is 0 Å². The molecule has 0 aromatic heterocycles. The van der Waals surface area contributed by atoms with E-state index in [0.717, 1.165) is 83.5 Å². The van der Waals surface area contributed by atoms with Crippen LogP contribution in [0.1, 0.15) is 239 Å². The smallest absolute Gasteiger partial charge is 0.306 e. The summed E-state index contributed by atoms with van der Waals surface area (Å²) in [6, 6.07) is 0. The highest BCUT2D eigenvalue weighted by atomic mass is 16.6. The molecule has 0 N–H and O–H groups in total. The third kappa shape index (κ3) is 51.2. The van der Waals surface area contributed by atoms with Gasteiger partial charge in [-0.3, -0.25) is 14.4 Å². The fourth-order valence-corrected chi connectivity index (χ4v) is 7.16. The molecule has 1 unspecified atom stereocenters. The Morgan fingerprint density at radius 3 is 1.06 bits per heavy atom. The number of carbonyl (C=O) groups excluding carboxylic acids is 3. The molecule has 0 aromatic rings. The van der Waals surface area contributed by atoms with Gasteiger partial charge in [-0.2, -0.15) is 0 Å². The van der Waals surface area contributed by atoms with E-state index < -0.39 is 6.10 Å². The number of rotatable bonds is 47. The van der Waals surface area contributed by atoms with Gasteiger partial charge in [-0.1, -0.05) is 234 Å². The van der Waals surface area contributed by atoms with E-state index in [4.69, 9.17) is 14.2 Å². The van der Waals surface area contributed by atoms with Crippen LogP contribution in [0.2, 0.25) is 0 Å². The molecular weight excluding hydrogens is 805 g/mol. The van der Waals surface area contributed by atoms with Gasteiger partial charge < -0.3 is 14.2 Å². The van der Waals surface area contributed by atoms with Gasteiger partial charge in [0, 0.05) is 19.3 Å². The molecular formula is C59H98O6. The predicted molar refractivity (Wildman–Crippen MR) is 279 cm³/mol. The summed E-state index contributed by atoms with van der Waals surface area (Å²) in [4.78, 5) is 38.0. The molecule has 0 aliphatic heterocycles. The van der Waals surface area contributed by atoms with Gasteiger partial charge in [0.05, 0.1) is 0 Å². The van der Waals surface area contributed by atoms with Gasteiger partial charge in [0.1, 0.15) is 13.2 Å². The van der Waals surface area contributed by atoms with E-state index in [9.17, 15) is 14.4 Å². The monoisotopic (exact) mass is 903 g/mol. The Labute approximate surface area is 400 Å². The first-order chi connectivity index (χ1) is 32.0. The highest BCUT2D eigenvalue weighted by Crippen LogP contribution is 2.14. The largest absolute Gasteiger partial charge is 0.462 e. The number of ether oxygens (including phenoxy) is 3. The Morgan fingerprint density at radius 1 is 0.323 bits per heavy atom. The van der Waals surface area contributed by atoms with Gasteiger partial charge in [0.15, 0.2) is 6.10 Å². The third-order valence-electron chi connectivity index (χ3n) is 11.2. The molecule has 0 aromatic carbocycles. The average molecular weight is 903 g/mol. The van der Waals surface area contributed by atoms with Crippen LogP contribution in [-0.2, 0) is 28.6 Å². The minimum Gasteiger partial charge on any atom is -0.462 e. The summed E-state index contributed by atoms with van der Waals surface area (Å²) in [6.45, 7) is 6.40. The summed E-state index contributed by atoms with van der Waals surface area (Å²) in [7, 11) is 0. The first-order valence-corrected chi connectivity index (χ1v) is 26.8. The summed E-state index contributed by atoms with van der Waals surface area (Å²) in [5.41, 5.74) is 0. The lowest BCUT2D eigenvalue weighted by molar-refractivity contribution is -0.167. The molecule has 0 aliphatic carbocycles. The standard InChI is InChI=1S/C59H98O6/c1-4-7-10-13-16-19-22-25-27-29-30-32-34-37-40-43-46-49-52-58(61)64-55-56(54-63-57(60)51-48-45-42-39-36-33-24-21-18-15-12-9-6-3)65-59(62)53-50-47-44-41-38-35-31-28-26-23-20-17-14-11-8-5-2/h9,12,15,18,21,24,27-33,36,39,42,56H,4-8,10-11,13-14,16-17,19-20,22-23,25-26,34-35,37-38,40-41,43-55H2,1-3H3/b12-9+,18-15+,24-21+,29-27+,31-28+,32-30+,36-33+,42-39+. The molecule has 0 fully saturated rings. The van der Waals surface area contributed by atoms with Crippen molar-refractivity contribution in [1.29, 1.82) is 0 Å². The SMILES string of the molecule is CC/C=C/C=C/C=C/C=C/C=C/CCCC(=O)OCC(COC(=O)CCCCCCC/C=C/C=C/CCCCCCCCC)OC(=O)CCCCCCC/C=C/CCCCCCCCC. The summed E-state index contributed by atoms with van der Waals surface area (Å²) in [5.74, 6) is -1.01. The van der Waals surface area contributed by atoms with E-state index in [1.807, 2.05) is 54.7 Å². The van der Waals surface area contributed by atoms with Crippen LogP contribution in [0, 0.1) is 0 Å². The second-order valence-corrected chi connectivity index (χ2v) is 17.5. The first-order valence-electron chi connectivity index (χ1n) is 26.8. The van der Waals surface area contributed by atoms with Gasteiger partial charge in [0.2, 0.25) is 0 Å². The molecule has 6 heteroatoms. The van der Waals surface area contributed by atoms with E-state index in [0.29, 0.717) is 19.3 Å². The van der Waals surface area contributed by atoms with Gasteiger partial charge >= 0.3 is 17.9 Å². The maximum Gasteiger partial charge on any atom is 0.306 e. The summed E-state index contributed by atoms with van der Waals surface area (Å²) in [5, 5.41) is 0. The fourth-order valence-electron chi connectivity index (χ4n) is 7.16. The van der Waals surface area contributed by atoms with Crippen molar-refractivity contribution in [3.63, 3.8) is 0 Å². The Kier molecular flexibility index (Phi) is 50.0. The van der Waals surface area contributed by atoms with Crippen molar-refractivity contribution in [3.05, 3.63) is 97.2 Å². The van der Waals surface area contributed by atoms with Crippen LogP contribution < -0.4 is 0 Å². The predicted octanol–water partition coefficient (Wildman–Crippen LogP) is 17.8. The molecule has 0 rings (SSSR count). The Balaban J connectivity index is 4.50. The number of hydrogen-bond acceptors (Lipinski definition) is 6. The Hall–Kier alpha value is -3.67. The molecule has 0 heterocycles. The van der Waals surface area contributed by atoms with E-state index in [2.05, 4.69) is 63.3 Å². The molecule has 6 nitrogen and oxygen atoms in total. The summed E-state index contributed by atoms with van der Waals surface area (Å²) >= 11 is 0. The highest BCUT2D eigenvalue weighted by Gasteiger charge is 2.19. The summed E-state index contributed by atoms with van der Waals surface area (Å²) in [6.07, 6.45) is 69.7. The van der Waals surface area contributed by atoms with Crippen molar-refractivity contribution in [2.75, 3.05) is 13.2 Å². The first kappa shape index (κ1) is 61.3. The van der Waals surface area contributed by atoms with Crippen LogP contribution in [0.4, 0.5) is 0 Å². The van der Waals surface area contributed by atoms with Gasteiger partial charge in [-0.05, 0) is 83.5 Å². The highest BCUT2D eigenvalue weighted by molar-refractivity contribution is 5.71. The maximum atomic E-state index is 12.8. The van der Waals surface area contributed by atoms with Crippen molar-refractivity contribution < 1.29 is 28.6 Å². The normalized spacial score (nSPS) is 12.8. The molecule has 0 spiro atoms. The number of allylic oxidation sites excluding steroid dienone is 16. The lowest BCUT2D eigenvalue weighted by Gasteiger charge is -2.18. The van der Waals surface area contributed by atoms with E-state index in [-0.39, 0.29) is 37.5 Å². The molecule has 0 saturated heterocycles.